The first-order valence-electron chi connectivity index (χ1n) is 7.95. The van der Waals surface area contributed by atoms with Crippen molar-refractivity contribution in [3.8, 4) is 0 Å². The largest absolute Gasteiger partial charge is 0.324 e. The fourth-order valence-corrected chi connectivity index (χ4v) is 3.79. The summed E-state index contributed by atoms with van der Waals surface area (Å²) in [4.78, 5) is 12.6. The van der Waals surface area contributed by atoms with Gasteiger partial charge in [0, 0.05) is 10.7 Å². The van der Waals surface area contributed by atoms with E-state index in [1.165, 1.54) is 42.5 Å². The van der Waals surface area contributed by atoms with Crippen LogP contribution in [0.2, 0.25) is 5.02 Å². The molecule has 2 aromatic carbocycles. The van der Waals surface area contributed by atoms with Crippen molar-refractivity contribution in [2.24, 2.45) is 5.92 Å². The Bertz CT molecular complexity index is 899. The van der Waals surface area contributed by atoms with E-state index in [-0.39, 0.29) is 10.8 Å². The highest BCUT2D eigenvalue weighted by Crippen LogP contribution is 2.19. The van der Waals surface area contributed by atoms with E-state index in [2.05, 4.69) is 10.0 Å². The number of halogens is 2. The summed E-state index contributed by atoms with van der Waals surface area (Å²) in [6, 6.07) is 8.61. The maximum atomic E-state index is 13.2. The maximum absolute atomic E-state index is 13.2. The predicted molar refractivity (Wildman–Crippen MR) is 100 cm³/mol. The van der Waals surface area contributed by atoms with E-state index in [0.717, 1.165) is 0 Å². The van der Waals surface area contributed by atoms with Gasteiger partial charge in [-0.1, -0.05) is 25.4 Å². The Morgan fingerprint density at radius 2 is 1.73 bits per heavy atom. The molecule has 0 fully saturated rings. The number of hydrogen-bond donors (Lipinski definition) is 2. The van der Waals surface area contributed by atoms with Gasteiger partial charge in [-0.15, -0.1) is 0 Å². The van der Waals surface area contributed by atoms with Crippen LogP contribution in [0.4, 0.5) is 10.1 Å². The fraction of sp³-hybridized carbons (Fsp3) is 0.278. The average molecular weight is 399 g/mol. The summed E-state index contributed by atoms with van der Waals surface area (Å²) in [5.41, 5.74) is 0.967. The van der Waals surface area contributed by atoms with Crippen molar-refractivity contribution in [2.75, 3.05) is 5.32 Å². The maximum Gasteiger partial charge on any atom is 0.242 e. The van der Waals surface area contributed by atoms with E-state index < -0.39 is 27.8 Å². The third-order valence-corrected chi connectivity index (χ3v) is 5.51. The Balaban J connectivity index is 2.22. The van der Waals surface area contributed by atoms with Gasteiger partial charge in [0.25, 0.3) is 0 Å². The Morgan fingerprint density at radius 1 is 1.12 bits per heavy atom. The standard InChI is InChI=1S/C18H20ClFN2O3S/c1-11(2)17(18(23)21-16-9-6-14(20)10-12(16)3)22-26(24,25)15-7-4-13(19)5-8-15/h4-11,17,22H,1-3H3,(H,21,23)/t17-/m0/s1. The molecule has 2 aromatic rings. The quantitative estimate of drug-likeness (QED) is 0.778. The topological polar surface area (TPSA) is 75.3 Å². The molecular weight excluding hydrogens is 379 g/mol. The minimum absolute atomic E-state index is 0.0123. The van der Waals surface area contributed by atoms with Crippen molar-refractivity contribution in [3.63, 3.8) is 0 Å². The Morgan fingerprint density at radius 3 is 2.27 bits per heavy atom. The molecule has 0 aliphatic heterocycles. The molecule has 0 aliphatic carbocycles. The highest BCUT2D eigenvalue weighted by Gasteiger charge is 2.28. The van der Waals surface area contributed by atoms with Crippen molar-refractivity contribution < 1.29 is 17.6 Å². The molecule has 2 N–H and O–H groups in total. The summed E-state index contributed by atoms with van der Waals surface area (Å²) >= 11 is 5.78. The van der Waals surface area contributed by atoms with Gasteiger partial charge >= 0.3 is 0 Å². The molecule has 2 rings (SSSR count). The summed E-state index contributed by atoms with van der Waals surface area (Å²) in [6.07, 6.45) is 0. The van der Waals surface area contributed by atoms with E-state index in [4.69, 9.17) is 11.6 Å². The van der Waals surface area contributed by atoms with Crippen molar-refractivity contribution in [3.05, 3.63) is 58.9 Å². The van der Waals surface area contributed by atoms with Crippen LogP contribution in [-0.4, -0.2) is 20.4 Å². The zero-order valence-corrected chi connectivity index (χ0v) is 16.2. The molecule has 5 nitrogen and oxygen atoms in total. The molecule has 1 amide bonds. The van der Waals surface area contributed by atoms with Crippen LogP contribution in [0.3, 0.4) is 0 Å². The van der Waals surface area contributed by atoms with Gasteiger partial charge in [0.2, 0.25) is 15.9 Å². The summed E-state index contributed by atoms with van der Waals surface area (Å²) in [5.74, 6) is -1.24. The summed E-state index contributed by atoms with van der Waals surface area (Å²) < 4.78 is 40.7. The lowest BCUT2D eigenvalue weighted by Crippen LogP contribution is -2.47. The molecule has 0 saturated carbocycles. The Labute approximate surface area is 157 Å². The van der Waals surface area contributed by atoms with Crippen LogP contribution in [0, 0.1) is 18.7 Å². The molecule has 0 aromatic heterocycles. The van der Waals surface area contributed by atoms with Crippen molar-refractivity contribution in [1.82, 2.24) is 4.72 Å². The summed E-state index contributed by atoms with van der Waals surface area (Å²) in [6.45, 7) is 5.11. The second-order valence-electron chi connectivity index (χ2n) is 6.25. The van der Waals surface area contributed by atoms with Crippen molar-refractivity contribution >= 4 is 33.2 Å². The number of carbonyl (C=O) groups excluding carboxylic acids is 1. The highest BCUT2D eigenvalue weighted by molar-refractivity contribution is 7.89. The second kappa shape index (κ2) is 8.16. The lowest BCUT2D eigenvalue weighted by molar-refractivity contribution is -0.118. The normalized spacial score (nSPS) is 12.8. The number of sulfonamides is 1. The first kappa shape index (κ1) is 20.4. The molecule has 0 unspecified atom stereocenters. The Kier molecular flexibility index (Phi) is 6.39. The molecule has 0 aliphatic rings. The molecule has 0 saturated heterocycles. The van der Waals surface area contributed by atoms with Crippen LogP contribution >= 0.6 is 11.6 Å². The molecule has 0 spiro atoms. The first-order valence-corrected chi connectivity index (χ1v) is 9.81. The molecule has 0 heterocycles. The Hall–Kier alpha value is -1.96. The van der Waals surface area contributed by atoms with Crippen LogP contribution < -0.4 is 10.0 Å². The minimum atomic E-state index is -3.90. The van der Waals surface area contributed by atoms with Crippen molar-refractivity contribution in [1.29, 1.82) is 0 Å². The van der Waals surface area contributed by atoms with Crippen LogP contribution in [0.15, 0.2) is 47.4 Å². The van der Waals surface area contributed by atoms with Gasteiger partial charge in [-0.05, 0) is 60.9 Å². The molecule has 26 heavy (non-hydrogen) atoms. The van der Waals surface area contributed by atoms with Crippen LogP contribution in [0.25, 0.3) is 0 Å². The number of rotatable bonds is 6. The first-order chi connectivity index (χ1) is 12.1. The van der Waals surface area contributed by atoms with Gasteiger partial charge in [-0.25, -0.2) is 12.8 Å². The van der Waals surface area contributed by atoms with E-state index in [0.29, 0.717) is 16.3 Å². The number of hydrogen-bond acceptors (Lipinski definition) is 3. The molecule has 1 atom stereocenters. The van der Waals surface area contributed by atoms with Gasteiger partial charge in [0.1, 0.15) is 11.9 Å². The predicted octanol–water partition coefficient (Wildman–Crippen LogP) is 3.73. The lowest BCUT2D eigenvalue weighted by atomic mass is 10.0. The zero-order valence-electron chi connectivity index (χ0n) is 14.6. The fourth-order valence-electron chi connectivity index (χ4n) is 2.32. The monoisotopic (exact) mass is 398 g/mol. The molecule has 0 bridgehead atoms. The molecular formula is C18H20ClFN2O3S. The smallest absolute Gasteiger partial charge is 0.242 e. The number of benzene rings is 2. The van der Waals surface area contributed by atoms with Gasteiger partial charge < -0.3 is 5.32 Å². The van der Waals surface area contributed by atoms with Gasteiger partial charge in [-0.2, -0.15) is 4.72 Å². The third kappa shape index (κ3) is 5.03. The number of carbonyl (C=O) groups is 1. The molecule has 140 valence electrons. The third-order valence-electron chi connectivity index (χ3n) is 3.80. The van der Waals surface area contributed by atoms with Gasteiger partial charge in [0.05, 0.1) is 4.90 Å². The van der Waals surface area contributed by atoms with Gasteiger partial charge in [-0.3, -0.25) is 4.79 Å². The van der Waals surface area contributed by atoms with Crippen LogP contribution in [0.1, 0.15) is 19.4 Å². The summed E-state index contributed by atoms with van der Waals surface area (Å²) in [7, 11) is -3.90. The van der Waals surface area contributed by atoms with E-state index >= 15 is 0 Å². The SMILES string of the molecule is Cc1cc(F)ccc1NC(=O)[C@@H](NS(=O)(=O)c1ccc(Cl)cc1)C(C)C. The van der Waals surface area contributed by atoms with Gasteiger partial charge in [0.15, 0.2) is 0 Å². The van der Waals surface area contributed by atoms with Crippen LogP contribution in [-0.2, 0) is 14.8 Å². The minimum Gasteiger partial charge on any atom is -0.324 e. The number of amides is 1. The van der Waals surface area contributed by atoms with E-state index in [9.17, 15) is 17.6 Å². The lowest BCUT2D eigenvalue weighted by Gasteiger charge is -2.22. The number of nitrogens with one attached hydrogen (secondary N) is 2. The van der Waals surface area contributed by atoms with E-state index in [1.54, 1.807) is 20.8 Å². The summed E-state index contributed by atoms with van der Waals surface area (Å²) in [5, 5.41) is 3.06. The van der Waals surface area contributed by atoms with E-state index in [1.807, 2.05) is 0 Å². The number of aryl methyl sites for hydroxylation is 1. The second-order valence-corrected chi connectivity index (χ2v) is 8.40. The molecule has 8 heteroatoms. The molecule has 0 radical (unpaired) electrons. The number of anilines is 1. The highest BCUT2D eigenvalue weighted by atomic mass is 35.5. The zero-order chi connectivity index (χ0) is 19.5. The van der Waals surface area contributed by atoms with Crippen LogP contribution in [0.5, 0.6) is 0 Å². The average Bonchev–Trinajstić information content (AvgIpc) is 2.55. The van der Waals surface area contributed by atoms with Crippen molar-refractivity contribution in [2.45, 2.75) is 31.7 Å².